The van der Waals surface area contributed by atoms with Gasteiger partial charge in [-0.3, -0.25) is 4.79 Å². The van der Waals surface area contributed by atoms with Crippen LogP contribution in [0.3, 0.4) is 0 Å². The molecule has 1 aromatic carbocycles. The van der Waals surface area contributed by atoms with Gasteiger partial charge in [-0.25, -0.2) is 0 Å². The molecule has 1 saturated heterocycles. The molecule has 1 heterocycles. The van der Waals surface area contributed by atoms with Crippen molar-refractivity contribution in [1.82, 2.24) is 5.32 Å². The SMILES string of the molecule is CC1(C)CN(c2ccc(Br)cc2)C(=O)CN1. The topological polar surface area (TPSA) is 32.3 Å². The van der Waals surface area contributed by atoms with Crippen LogP contribution in [0.4, 0.5) is 5.69 Å². The van der Waals surface area contributed by atoms with E-state index in [0.717, 1.165) is 10.2 Å². The zero-order chi connectivity index (χ0) is 11.8. The largest absolute Gasteiger partial charge is 0.309 e. The van der Waals surface area contributed by atoms with Crippen molar-refractivity contribution in [3.05, 3.63) is 28.7 Å². The third-order valence-corrected chi connectivity index (χ3v) is 3.24. The Kier molecular flexibility index (Phi) is 3.04. The molecule has 86 valence electrons. The van der Waals surface area contributed by atoms with E-state index in [4.69, 9.17) is 0 Å². The van der Waals surface area contributed by atoms with E-state index in [1.54, 1.807) is 0 Å². The van der Waals surface area contributed by atoms with Gasteiger partial charge >= 0.3 is 0 Å². The minimum Gasteiger partial charge on any atom is -0.309 e. The van der Waals surface area contributed by atoms with Crippen molar-refractivity contribution in [3.8, 4) is 0 Å². The molecule has 1 aromatic rings. The summed E-state index contributed by atoms with van der Waals surface area (Å²) in [6.07, 6.45) is 0. The molecule has 0 aliphatic carbocycles. The summed E-state index contributed by atoms with van der Waals surface area (Å²) in [5.74, 6) is 0.127. The van der Waals surface area contributed by atoms with Gasteiger partial charge in [0.05, 0.1) is 6.54 Å². The van der Waals surface area contributed by atoms with Crippen LogP contribution in [0.15, 0.2) is 28.7 Å². The molecule has 0 aromatic heterocycles. The molecular weight excluding hydrogens is 268 g/mol. The molecule has 1 N–H and O–H groups in total. The molecular formula is C12H15BrN2O. The van der Waals surface area contributed by atoms with Gasteiger partial charge in [-0.15, -0.1) is 0 Å². The molecule has 1 fully saturated rings. The molecule has 0 bridgehead atoms. The first-order chi connectivity index (χ1) is 7.48. The molecule has 0 radical (unpaired) electrons. The fourth-order valence-corrected chi connectivity index (χ4v) is 2.07. The summed E-state index contributed by atoms with van der Waals surface area (Å²) >= 11 is 3.39. The molecule has 2 rings (SSSR count). The van der Waals surface area contributed by atoms with E-state index in [1.165, 1.54) is 0 Å². The highest BCUT2D eigenvalue weighted by atomic mass is 79.9. The summed E-state index contributed by atoms with van der Waals surface area (Å²) in [5.41, 5.74) is 0.934. The zero-order valence-electron chi connectivity index (χ0n) is 9.46. The van der Waals surface area contributed by atoms with Gasteiger partial charge in [-0.1, -0.05) is 15.9 Å². The van der Waals surface area contributed by atoms with Gasteiger partial charge in [0.1, 0.15) is 0 Å². The van der Waals surface area contributed by atoms with E-state index >= 15 is 0 Å². The van der Waals surface area contributed by atoms with Crippen molar-refractivity contribution < 1.29 is 4.79 Å². The molecule has 1 aliphatic heterocycles. The molecule has 4 heteroatoms. The van der Waals surface area contributed by atoms with Crippen molar-refractivity contribution in [3.63, 3.8) is 0 Å². The Morgan fingerprint density at radius 3 is 2.56 bits per heavy atom. The molecule has 1 amide bonds. The lowest BCUT2D eigenvalue weighted by atomic mass is 10.0. The number of rotatable bonds is 1. The Morgan fingerprint density at radius 1 is 1.31 bits per heavy atom. The first kappa shape index (κ1) is 11.6. The quantitative estimate of drug-likeness (QED) is 0.856. The number of anilines is 1. The molecule has 0 unspecified atom stereocenters. The summed E-state index contributed by atoms with van der Waals surface area (Å²) in [5, 5.41) is 3.22. The number of hydrogen-bond acceptors (Lipinski definition) is 2. The molecule has 1 aliphatic rings. The average molecular weight is 283 g/mol. The lowest BCUT2D eigenvalue weighted by Crippen LogP contribution is -2.59. The lowest BCUT2D eigenvalue weighted by molar-refractivity contribution is -0.119. The maximum absolute atomic E-state index is 11.8. The van der Waals surface area contributed by atoms with Gasteiger partial charge in [0.15, 0.2) is 0 Å². The van der Waals surface area contributed by atoms with Crippen LogP contribution in [0.5, 0.6) is 0 Å². The van der Waals surface area contributed by atoms with Crippen molar-refractivity contribution in [2.75, 3.05) is 18.0 Å². The molecule has 16 heavy (non-hydrogen) atoms. The highest BCUT2D eigenvalue weighted by molar-refractivity contribution is 9.10. The predicted octanol–water partition coefficient (Wildman–Crippen LogP) is 2.16. The Hall–Kier alpha value is -0.870. The van der Waals surface area contributed by atoms with Crippen LogP contribution in [0.2, 0.25) is 0 Å². The van der Waals surface area contributed by atoms with Crippen LogP contribution >= 0.6 is 15.9 Å². The Balaban J connectivity index is 2.25. The van der Waals surface area contributed by atoms with Gasteiger partial charge in [0.25, 0.3) is 0 Å². The zero-order valence-corrected chi connectivity index (χ0v) is 11.0. The van der Waals surface area contributed by atoms with Crippen LogP contribution in [0, 0.1) is 0 Å². The Morgan fingerprint density at radius 2 is 1.94 bits per heavy atom. The van der Waals surface area contributed by atoms with Gasteiger partial charge < -0.3 is 10.2 Å². The molecule has 0 atom stereocenters. The monoisotopic (exact) mass is 282 g/mol. The standard InChI is InChI=1S/C12H15BrN2O/c1-12(2)8-15(11(16)7-14-12)10-5-3-9(13)4-6-10/h3-6,14H,7-8H2,1-2H3. The van der Waals surface area contributed by atoms with E-state index in [9.17, 15) is 4.79 Å². The normalized spacial score (nSPS) is 19.9. The summed E-state index contributed by atoms with van der Waals surface area (Å²) < 4.78 is 1.03. The van der Waals surface area contributed by atoms with Crippen LogP contribution < -0.4 is 10.2 Å². The fourth-order valence-electron chi connectivity index (χ4n) is 1.81. The second-order valence-electron chi connectivity index (χ2n) is 4.69. The summed E-state index contributed by atoms with van der Waals surface area (Å²) in [7, 11) is 0. The first-order valence-corrected chi connectivity index (χ1v) is 6.08. The maximum Gasteiger partial charge on any atom is 0.241 e. The van der Waals surface area contributed by atoms with Crippen LogP contribution in [0.1, 0.15) is 13.8 Å². The fraction of sp³-hybridized carbons (Fsp3) is 0.417. The van der Waals surface area contributed by atoms with E-state index in [0.29, 0.717) is 13.1 Å². The van der Waals surface area contributed by atoms with Crippen molar-refractivity contribution in [1.29, 1.82) is 0 Å². The highest BCUT2D eigenvalue weighted by Gasteiger charge is 2.31. The number of hydrogen-bond donors (Lipinski definition) is 1. The lowest BCUT2D eigenvalue weighted by Gasteiger charge is -2.38. The number of amides is 1. The van der Waals surface area contributed by atoms with Gasteiger partial charge in [0.2, 0.25) is 5.91 Å². The number of nitrogens with zero attached hydrogens (tertiary/aromatic N) is 1. The van der Waals surface area contributed by atoms with Crippen LogP contribution in [0.25, 0.3) is 0 Å². The number of benzene rings is 1. The second kappa shape index (κ2) is 4.18. The Bertz CT molecular complexity index is 400. The third kappa shape index (κ3) is 2.44. The van der Waals surface area contributed by atoms with Gasteiger partial charge in [-0.05, 0) is 38.1 Å². The summed E-state index contributed by atoms with van der Waals surface area (Å²) in [6, 6.07) is 7.84. The van der Waals surface area contributed by atoms with Gasteiger partial charge in [-0.2, -0.15) is 0 Å². The number of carbonyl (C=O) groups is 1. The predicted molar refractivity (Wildman–Crippen MR) is 68.6 cm³/mol. The van der Waals surface area contributed by atoms with Crippen LogP contribution in [-0.4, -0.2) is 24.5 Å². The van der Waals surface area contributed by atoms with E-state index in [2.05, 4.69) is 35.1 Å². The van der Waals surface area contributed by atoms with Crippen molar-refractivity contribution >= 4 is 27.5 Å². The smallest absolute Gasteiger partial charge is 0.241 e. The second-order valence-corrected chi connectivity index (χ2v) is 5.61. The van der Waals surface area contributed by atoms with E-state index in [-0.39, 0.29) is 11.4 Å². The van der Waals surface area contributed by atoms with E-state index in [1.807, 2.05) is 29.2 Å². The minimum atomic E-state index is -0.0268. The molecule has 0 saturated carbocycles. The number of carbonyl (C=O) groups excluding carboxylic acids is 1. The molecule has 3 nitrogen and oxygen atoms in total. The van der Waals surface area contributed by atoms with Crippen LogP contribution in [-0.2, 0) is 4.79 Å². The maximum atomic E-state index is 11.8. The third-order valence-electron chi connectivity index (χ3n) is 2.71. The summed E-state index contributed by atoms with van der Waals surface area (Å²) in [6.45, 7) is 5.31. The number of nitrogens with one attached hydrogen (secondary N) is 1. The van der Waals surface area contributed by atoms with E-state index < -0.39 is 0 Å². The van der Waals surface area contributed by atoms with Gasteiger partial charge in [0, 0.05) is 22.2 Å². The summed E-state index contributed by atoms with van der Waals surface area (Å²) in [4.78, 5) is 13.7. The number of piperazine rings is 1. The first-order valence-electron chi connectivity index (χ1n) is 5.29. The van der Waals surface area contributed by atoms with Crippen molar-refractivity contribution in [2.45, 2.75) is 19.4 Å². The average Bonchev–Trinajstić information content (AvgIpc) is 2.23. The molecule has 0 spiro atoms. The number of halogens is 1. The minimum absolute atomic E-state index is 0.0268. The Labute approximate surface area is 104 Å². The highest BCUT2D eigenvalue weighted by Crippen LogP contribution is 2.22. The van der Waals surface area contributed by atoms with Crippen molar-refractivity contribution in [2.24, 2.45) is 0 Å².